The van der Waals surface area contributed by atoms with Gasteiger partial charge in [-0.05, 0) is 16.3 Å². The molecule has 3 rings (SSSR count). The summed E-state index contributed by atoms with van der Waals surface area (Å²) in [6, 6.07) is 14.7. The van der Waals surface area contributed by atoms with Crippen LogP contribution in [0.5, 0.6) is 0 Å². The Balaban J connectivity index is 0.00000280. The number of hydrogen-bond acceptors (Lipinski definition) is 2. The summed E-state index contributed by atoms with van der Waals surface area (Å²) < 4.78 is 37.0. The molecule has 1 heterocycles. The second-order valence-corrected chi connectivity index (χ2v) is 6.74. The fourth-order valence-corrected chi connectivity index (χ4v) is 3.44. The Labute approximate surface area is 180 Å². The summed E-state index contributed by atoms with van der Waals surface area (Å²) in [4.78, 5) is 8.53. The van der Waals surface area contributed by atoms with Gasteiger partial charge in [0.05, 0.1) is 6.42 Å². The van der Waals surface area contributed by atoms with Crippen molar-refractivity contribution in [2.75, 3.05) is 39.8 Å². The molecular weight excluding hydrogens is 480 g/mol. The molecule has 1 fully saturated rings. The highest BCUT2D eigenvalue weighted by Gasteiger charge is 2.27. The normalized spacial score (nSPS) is 16.1. The van der Waals surface area contributed by atoms with Gasteiger partial charge in [-0.1, -0.05) is 42.5 Å². The summed E-state index contributed by atoms with van der Waals surface area (Å²) in [7, 11) is 1.61. The zero-order chi connectivity index (χ0) is 19.3. The van der Waals surface area contributed by atoms with Crippen molar-refractivity contribution < 1.29 is 13.2 Å². The summed E-state index contributed by atoms with van der Waals surface area (Å²) >= 11 is 0. The van der Waals surface area contributed by atoms with Crippen molar-refractivity contribution in [1.29, 1.82) is 0 Å². The number of alkyl halides is 3. The molecule has 2 aromatic rings. The Morgan fingerprint density at radius 1 is 1.04 bits per heavy atom. The van der Waals surface area contributed by atoms with Crippen molar-refractivity contribution >= 4 is 40.7 Å². The molecule has 0 saturated carbocycles. The molecule has 0 atom stereocenters. The lowest BCUT2D eigenvalue weighted by molar-refractivity contribution is -0.132. The van der Waals surface area contributed by atoms with E-state index >= 15 is 0 Å². The van der Waals surface area contributed by atoms with Crippen LogP contribution in [0.3, 0.4) is 0 Å². The molecule has 2 aromatic carbocycles. The van der Waals surface area contributed by atoms with E-state index in [9.17, 15) is 13.2 Å². The highest BCUT2D eigenvalue weighted by molar-refractivity contribution is 14.0. The first-order valence-corrected chi connectivity index (χ1v) is 9.17. The molecule has 0 amide bonds. The van der Waals surface area contributed by atoms with Crippen molar-refractivity contribution in [3.63, 3.8) is 0 Å². The third kappa shape index (κ3) is 6.23. The number of hydrogen-bond donors (Lipinski definition) is 1. The summed E-state index contributed by atoms with van der Waals surface area (Å²) in [6.07, 6.45) is -5.00. The Kier molecular flexibility index (Phi) is 8.36. The van der Waals surface area contributed by atoms with Crippen molar-refractivity contribution in [3.8, 4) is 0 Å². The molecule has 0 unspecified atom stereocenters. The predicted octanol–water partition coefficient (Wildman–Crippen LogP) is 4.10. The van der Waals surface area contributed by atoms with Gasteiger partial charge in [0.25, 0.3) is 0 Å². The van der Waals surface area contributed by atoms with E-state index in [1.165, 1.54) is 16.3 Å². The highest BCUT2D eigenvalue weighted by atomic mass is 127. The fraction of sp³-hybridized carbons (Fsp3) is 0.450. The van der Waals surface area contributed by atoms with Crippen LogP contribution < -0.4 is 5.32 Å². The van der Waals surface area contributed by atoms with E-state index in [4.69, 9.17) is 0 Å². The quantitative estimate of drug-likeness (QED) is 0.385. The standard InChI is InChI=1S/C20H25F3N4.HI/c1-24-19(25-10-9-20(21,22)23)27-13-11-26(12-14-27)15-17-7-4-6-16-5-2-3-8-18(16)17;/h2-8H,9-15H2,1H3,(H,24,25);1H. The number of guanidine groups is 1. The van der Waals surface area contributed by atoms with E-state index in [0.717, 1.165) is 32.7 Å². The molecule has 1 N–H and O–H groups in total. The van der Waals surface area contributed by atoms with Crippen LogP contribution in [0.1, 0.15) is 12.0 Å². The monoisotopic (exact) mass is 506 g/mol. The Hall–Kier alpha value is -1.55. The summed E-state index contributed by atoms with van der Waals surface area (Å²) in [5.41, 5.74) is 1.30. The number of halogens is 4. The van der Waals surface area contributed by atoms with Crippen LogP contribution in [0.2, 0.25) is 0 Å². The van der Waals surface area contributed by atoms with Gasteiger partial charge >= 0.3 is 6.18 Å². The molecule has 0 spiro atoms. The lowest BCUT2D eigenvalue weighted by Gasteiger charge is -2.36. The third-order valence-corrected chi connectivity index (χ3v) is 4.85. The molecule has 8 heteroatoms. The zero-order valence-electron chi connectivity index (χ0n) is 15.9. The first-order valence-electron chi connectivity index (χ1n) is 9.17. The van der Waals surface area contributed by atoms with Crippen LogP contribution in [0, 0.1) is 0 Å². The highest BCUT2D eigenvalue weighted by Crippen LogP contribution is 2.21. The Bertz CT molecular complexity index is 781. The maximum atomic E-state index is 12.3. The summed E-state index contributed by atoms with van der Waals surface area (Å²) in [6.45, 7) is 3.92. The molecule has 0 aromatic heterocycles. The minimum absolute atomic E-state index is 0. The topological polar surface area (TPSA) is 30.9 Å². The van der Waals surface area contributed by atoms with Crippen LogP contribution in [-0.2, 0) is 6.54 Å². The Morgan fingerprint density at radius 3 is 2.39 bits per heavy atom. The maximum absolute atomic E-state index is 12.3. The van der Waals surface area contributed by atoms with Crippen LogP contribution >= 0.6 is 24.0 Å². The SMILES string of the molecule is CN=C(NCCC(F)(F)F)N1CCN(Cc2cccc3ccccc23)CC1.I. The van der Waals surface area contributed by atoms with Gasteiger partial charge in [-0.3, -0.25) is 9.89 Å². The van der Waals surface area contributed by atoms with Gasteiger partial charge in [0.15, 0.2) is 5.96 Å². The van der Waals surface area contributed by atoms with E-state index in [-0.39, 0.29) is 30.5 Å². The molecule has 1 saturated heterocycles. The summed E-state index contributed by atoms with van der Waals surface area (Å²) in [5, 5.41) is 5.33. The van der Waals surface area contributed by atoms with Crippen molar-refractivity contribution in [1.82, 2.24) is 15.1 Å². The van der Waals surface area contributed by atoms with Crippen LogP contribution in [0.25, 0.3) is 10.8 Å². The molecule has 0 bridgehead atoms. The second kappa shape index (κ2) is 10.3. The second-order valence-electron chi connectivity index (χ2n) is 6.74. The first-order chi connectivity index (χ1) is 13.0. The molecule has 0 radical (unpaired) electrons. The van der Waals surface area contributed by atoms with E-state index in [1.54, 1.807) is 7.05 Å². The van der Waals surface area contributed by atoms with Gasteiger partial charge in [0, 0.05) is 46.3 Å². The summed E-state index contributed by atoms with van der Waals surface area (Å²) in [5.74, 6) is 0.545. The number of benzene rings is 2. The Morgan fingerprint density at radius 2 is 1.71 bits per heavy atom. The average molecular weight is 506 g/mol. The van der Waals surface area contributed by atoms with E-state index in [1.807, 2.05) is 11.0 Å². The van der Waals surface area contributed by atoms with Crippen molar-refractivity contribution in [3.05, 3.63) is 48.0 Å². The number of nitrogens with zero attached hydrogens (tertiary/aromatic N) is 3. The van der Waals surface area contributed by atoms with Crippen LogP contribution in [-0.4, -0.2) is 61.7 Å². The molecule has 154 valence electrons. The third-order valence-electron chi connectivity index (χ3n) is 4.85. The number of piperazine rings is 1. The minimum Gasteiger partial charge on any atom is -0.356 e. The zero-order valence-corrected chi connectivity index (χ0v) is 18.2. The number of fused-ring (bicyclic) bond motifs is 1. The molecule has 0 aliphatic carbocycles. The van der Waals surface area contributed by atoms with E-state index < -0.39 is 12.6 Å². The molecule has 28 heavy (non-hydrogen) atoms. The van der Waals surface area contributed by atoms with Crippen LogP contribution in [0.4, 0.5) is 13.2 Å². The lowest BCUT2D eigenvalue weighted by atomic mass is 10.0. The number of rotatable bonds is 4. The molecule has 1 aliphatic rings. The van der Waals surface area contributed by atoms with Gasteiger partial charge in [-0.2, -0.15) is 13.2 Å². The van der Waals surface area contributed by atoms with Gasteiger partial charge in [-0.15, -0.1) is 24.0 Å². The van der Waals surface area contributed by atoms with Gasteiger partial charge < -0.3 is 10.2 Å². The van der Waals surface area contributed by atoms with E-state index in [0.29, 0.717) is 5.96 Å². The van der Waals surface area contributed by atoms with Crippen molar-refractivity contribution in [2.45, 2.75) is 19.1 Å². The molecular formula is C20H26F3IN4. The molecule has 1 aliphatic heterocycles. The number of nitrogens with one attached hydrogen (secondary N) is 1. The van der Waals surface area contributed by atoms with Gasteiger partial charge in [-0.25, -0.2) is 0 Å². The predicted molar refractivity (Wildman–Crippen MR) is 118 cm³/mol. The smallest absolute Gasteiger partial charge is 0.356 e. The lowest BCUT2D eigenvalue weighted by Crippen LogP contribution is -2.52. The van der Waals surface area contributed by atoms with Crippen LogP contribution in [0.15, 0.2) is 47.5 Å². The largest absolute Gasteiger partial charge is 0.390 e. The number of aliphatic imine (C=N–C) groups is 1. The van der Waals surface area contributed by atoms with Gasteiger partial charge in [0.1, 0.15) is 0 Å². The average Bonchev–Trinajstić information content (AvgIpc) is 2.66. The van der Waals surface area contributed by atoms with E-state index in [2.05, 4.69) is 51.6 Å². The fourth-order valence-electron chi connectivity index (χ4n) is 3.44. The maximum Gasteiger partial charge on any atom is 0.390 e. The van der Waals surface area contributed by atoms with Crippen molar-refractivity contribution in [2.24, 2.45) is 4.99 Å². The molecule has 4 nitrogen and oxygen atoms in total. The van der Waals surface area contributed by atoms with Gasteiger partial charge in [0.2, 0.25) is 0 Å². The first kappa shape index (κ1) is 22.7. The minimum atomic E-state index is -4.15.